The molecular weight excluding hydrogens is 376 g/mol. The maximum atomic E-state index is 12.9. The number of Topliss-reactive ketones (excluding diaryl/α,β-unsaturated/α-hetero) is 2. The van der Waals surface area contributed by atoms with E-state index in [0.717, 1.165) is 22.3 Å². The predicted octanol–water partition coefficient (Wildman–Crippen LogP) is 3.72. The van der Waals surface area contributed by atoms with Crippen LogP contribution >= 0.6 is 11.6 Å². The molecule has 2 atom stereocenters. The van der Waals surface area contributed by atoms with Crippen molar-refractivity contribution in [3.63, 3.8) is 0 Å². The monoisotopic (exact) mass is 398 g/mol. The average Bonchev–Trinajstić information content (AvgIpc) is 2.89. The fraction of sp³-hybridized carbons (Fsp3) is 0.364. The number of hydrogen-bond acceptors (Lipinski definition) is 4. The van der Waals surface area contributed by atoms with Crippen molar-refractivity contribution in [1.82, 2.24) is 10.3 Å². The molecule has 0 saturated heterocycles. The topological polar surface area (TPSA) is 76.1 Å². The van der Waals surface area contributed by atoms with Crippen LogP contribution in [-0.2, 0) is 9.59 Å². The van der Waals surface area contributed by atoms with E-state index in [9.17, 15) is 14.4 Å². The second-order valence-corrected chi connectivity index (χ2v) is 7.76. The van der Waals surface area contributed by atoms with E-state index in [1.807, 2.05) is 32.9 Å². The standard InChI is InChI=1S/C22H23ClN2O3/c1-12-9-13(2)18(14(3)10-12)19-17(26)11-15(20(19)27)6-8-25-22(28)16-5-4-7-24-21(16)23/h4-5,7,9-10,15,19H,6,8,11H2,1-3H3,(H,25,28). The van der Waals surface area contributed by atoms with E-state index in [4.69, 9.17) is 11.6 Å². The minimum absolute atomic E-state index is 0.0355. The van der Waals surface area contributed by atoms with Gasteiger partial charge in [0.25, 0.3) is 5.91 Å². The molecule has 0 aliphatic heterocycles. The summed E-state index contributed by atoms with van der Waals surface area (Å²) >= 11 is 5.92. The third-order valence-corrected chi connectivity index (χ3v) is 5.57. The molecule has 1 saturated carbocycles. The Bertz CT molecular complexity index is 932. The highest BCUT2D eigenvalue weighted by molar-refractivity contribution is 6.32. The quantitative estimate of drug-likeness (QED) is 0.615. The molecule has 1 aromatic carbocycles. The Balaban J connectivity index is 1.66. The molecule has 1 N–H and O–H groups in total. The number of nitrogens with one attached hydrogen (secondary N) is 1. The first-order chi connectivity index (χ1) is 13.3. The third kappa shape index (κ3) is 3.99. The molecule has 2 aromatic rings. The predicted molar refractivity (Wildman–Crippen MR) is 108 cm³/mol. The van der Waals surface area contributed by atoms with Gasteiger partial charge in [-0.1, -0.05) is 29.3 Å². The fourth-order valence-electron chi connectivity index (χ4n) is 4.06. The van der Waals surface area contributed by atoms with Gasteiger partial charge in [-0.05, 0) is 56.0 Å². The van der Waals surface area contributed by atoms with Gasteiger partial charge in [-0.15, -0.1) is 0 Å². The molecule has 1 aliphatic carbocycles. The molecule has 1 fully saturated rings. The van der Waals surface area contributed by atoms with Gasteiger partial charge in [-0.2, -0.15) is 0 Å². The van der Waals surface area contributed by atoms with Gasteiger partial charge in [0.05, 0.1) is 5.56 Å². The molecule has 1 amide bonds. The second-order valence-electron chi connectivity index (χ2n) is 7.40. The Kier molecular flexibility index (Phi) is 5.94. The van der Waals surface area contributed by atoms with E-state index in [1.165, 1.54) is 6.20 Å². The van der Waals surface area contributed by atoms with Crippen molar-refractivity contribution in [2.24, 2.45) is 5.92 Å². The summed E-state index contributed by atoms with van der Waals surface area (Å²) in [4.78, 5) is 41.6. The molecule has 1 heterocycles. The Labute approximate surface area is 169 Å². The average molecular weight is 399 g/mol. The first kappa shape index (κ1) is 20.2. The molecular formula is C22H23ClN2O3. The normalized spacial score (nSPS) is 19.1. The summed E-state index contributed by atoms with van der Waals surface area (Å²) in [6.45, 7) is 6.19. The van der Waals surface area contributed by atoms with Crippen LogP contribution < -0.4 is 5.32 Å². The SMILES string of the molecule is Cc1cc(C)c(C2C(=O)CC(CCNC(=O)c3cccnc3Cl)C2=O)c(C)c1. The fourth-order valence-corrected chi connectivity index (χ4v) is 4.27. The van der Waals surface area contributed by atoms with Gasteiger partial charge in [0.2, 0.25) is 0 Å². The number of carbonyl (C=O) groups excluding carboxylic acids is 3. The van der Waals surface area contributed by atoms with Gasteiger partial charge in [-0.3, -0.25) is 14.4 Å². The highest BCUT2D eigenvalue weighted by atomic mass is 35.5. The smallest absolute Gasteiger partial charge is 0.254 e. The van der Waals surface area contributed by atoms with Crippen LogP contribution in [0.3, 0.4) is 0 Å². The Hall–Kier alpha value is -2.53. The summed E-state index contributed by atoms with van der Waals surface area (Å²) in [5.74, 6) is -1.48. The molecule has 5 nitrogen and oxygen atoms in total. The number of benzene rings is 1. The zero-order valence-corrected chi connectivity index (χ0v) is 17.0. The number of rotatable bonds is 5. The summed E-state index contributed by atoms with van der Waals surface area (Å²) in [5.41, 5.74) is 4.20. The largest absolute Gasteiger partial charge is 0.352 e. The zero-order chi connectivity index (χ0) is 20.4. The maximum absolute atomic E-state index is 12.9. The summed E-state index contributed by atoms with van der Waals surface area (Å²) in [6, 6.07) is 7.24. The number of carbonyl (C=O) groups is 3. The van der Waals surface area contributed by atoms with E-state index in [2.05, 4.69) is 10.3 Å². The van der Waals surface area contributed by atoms with Crippen LogP contribution in [0.2, 0.25) is 5.15 Å². The van der Waals surface area contributed by atoms with Crippen LogP contribution in [0.4, 0.5) is 0 Å². The van der Waals surface area contributed by atoms with Crippen molar-refractivity contribution in [2.75, 3.05) is 6.54 Å². The summed E-state index contributed by atoms with van der Waals surface area (Å²) in [6.07, 6.45) is 2.16. The molecule has 6 heteroatoms. The van der Waals surface area contributed by atoms with E-state index in [0.29, 0.717) is 18.5 Å². The molecule has 0 spiro atoms. The first-order valence-corrected chi connectivity index (χ1v) is 9.70. The zero-order valence-electron chi connectivity index (χ0n) is 16.2. The third-order valence-electron chi connectivity index (χ3n) is 5.27. The van der Waals surface area contributed by atoms with Gasteiger partial charge in [-0.25, -0.2) is 4.98 Å². The van der Waals surface area contributed by atoms with Crippen LogP contribution in [0.1, 0.15) is 51.4 Å². The minimum atomic E-state index is -0.686. The minimum Gasteiger partial charge on any atom is -0.352 e. The van der Waals surface area contributed by atoms with E-state index >= 15 is 0 Å². The van der Waals surface area contributed by atoms with Crippen LogP contribution in [0, 0.1) is 26.7 Å². The number of nitrogens with zero attached hydrogens (tertiary/aromatic N) is 1. The summed E-state index contributed by atoms with van der Waals surface area (Å²) in [5, 5.41) is 2.90. The molecule has 28 heavy (non-hydrogen) atoms. The Morgan fingerprint density at radius 1 is 1.21 bits per heavy atom. The lowest BCUT2D eigenvalue weighted by molar-refractivity contribution is -0.124. The van der Waals surface area contributed by atoms with Crippen LogP contribution in [0.25, 0.3) is 0 Å². The number of ketones is 2. The molecule has 0 radical (unpaired) electrons. The first-order valence-electron chi connectivity index (χ1n) is 9.32. The van der Waals surface area contributed by atoms with Gasteiger partial charge in [0.15, 0.2) is 5.78 Å². The number of amides is 1. The van der Waals surface area contributed by atoms with Crippen molar-refractivity contribution in [3.05, 3.63) is 63.4 Å². The number of pyridine rings is 1. The van der Waals surface area contributed by atoms with Crippen molar-refractivity contribution in [1.29, 1.82) is 0 Å². The molecule has 2 unspecified atom stereocenters. The second kappa shape index (κ2) is 8.23. The van der Waals surface area contributed by atoms with Gasteiger partial charge < -0.3 is 5.32 Å². The number of aryl methyl sites for hydroxylation is 3. The molecule has 146 valence electrons. The van der Waals surface area contributed by atoms with Crippen LogP contribution in [-0.4, -0.2) is 29.0 Å². The summed E-state index contributed by atoms with van der Waals surface area (Å²) < 4.78 is 0. The molecule has 1 aromatic heterocycles. The van der Waals surface area contributed by atoms with E-state index < -0.39 is 5.92 Å². The van der Waals surface area contributed by atoms with E-state index in [-0.39, 0.29) is 35.0 Å². The number of hydrogen-bond donors (Lipinski definition) is 1. The van der Waals surface area contributed by atoms with Gasteiger partial charge >= 0.3 is 0 Å². The number of aromatic nitrogens is 1. The van der Waals surface area contributed by atoms with E-state index in [1.54, 1.807) is 12.1 Å². The van der Waals surface area contributed by atoms with Gasteiger partial charge in [0.1, 0.15) is 16.9 Å². The van der Waals surface area contributed by atoms with Crippen LogP contribution in [0.5, 0.6) is 0 Å². The lowest BCUT2D eigenvalue weighted by atomic mass is 9.86. The van der Waals surface area contributed by atoms with Crippen molar-refractivity contribution < 1.29 is 14.4 Å². The molecule has 3 rings (SSSR count). The van der Waals surface area contributed by atoms with Crippen molar-refractivity contribution in [3.8, 4) is 0 Å². The van der Waals surface area contributed by atoms with Crippen molar-refractivity contribution in [2.45, 2.75) is 39.5 Å². The van der Waals surface area contributed by atoms with Crippen LogP contribution in [0.15, 0.2) is 30.5 Å². The molecule has 1 aliphatic rings. The highest BCUT2D eigenvalue weighted by Gasteiger charge is 2.42. The van der Waals surface area contributed by atoms with Gasteiger partial charge in [0, 0.05) is 25.1 Å². The lowest BCUT2D eigenvalue weighted by Gasteiger charge is -2.16. The number of halogens is 1. The highest BCUT2D eigenvalue weighted by Crippen LogP contribution is 2.37. The maximum Gasteiger partial charge on any atom is 0.254 e. The molecule has 0 bridgehead atoms. The Morgan fingerprint density at radius 3 is 2.54 bits per heavy atom. The Morgan fingerprint density at radius 2 is 1.89 bits per heavy atom. The summed E-state index contributed by atoms with van der Waals surface area (Å²) in [7, 11) is 0. The lowest BCUT2D eigenvalue weighted by Crippen LogP contribution is -2.27. The van der Waals surface area contributed by atoms with Crippen molar-refractivity contribution >= 4 is 29.1 Å².